The molecule has 122 valence electrons. The van der Waals surface area contributed by atoms with Gasteiger partial charge in [-0.2, -0.15) is 5.10 Å². The highest BCUT2D eigenvalue weighted by Gasteiger charge is 2.15. The summed E-state index contributed by atoms with van der Waals surface area (Å²) in [4.78, 5) is 20.6. The van der Waals surface area contributed by atoms with Crippen molar-refractivity contribution >= 4 is 17.5 Å². The van der Waals surface area contributed by atoms with Gasteiger partial charge in [0.2, 0.25) is 5.91 Å². The van der Waals surface area contributed by atoms with E-state index in [0.29, 0.717) is 16.7 Å². The molecule has 0 spiro atoms. The number of nitrogens with zero attached hydrogens (tertiary/aromatic N) is 3. The zero-order valence-electron chi connectivity index (χ0n) is 13.0. The van der Waals surface area contributed by atoms with E-state index in [-0.39, 0.29) is 18.4 Å². The second-order valence-corrected chi connectivity index (χ2v) is 5.81. The van der Waals surface area contributed by atoms with Gasteiger partial charge in [0.25, 0.3) is 0 Å². The van der Waals surface area contributed by atoms with Crippen LogP contribution in [0.5, 0.6) is 0 Å². The number of hydrogen-bond acceptors (Lipinski definition) is 4. The fourth-order valence-electron chi connectivity index (χ4n) is 2.29. The molecule has 2 aromatic heterocycles. The summed E-state index contributed by atoms with van der Waals surface area (Å²) in [7, 11) is 0. The highest BCUT2D eigenvalue weighted by atomic mass is 35.5. The molecule has 0 aliphatic heterocycles. The number of benzene rings is 1. The number of carbonyl (C=O) groups is 1. The van der Waals surface area contributed by atoms with Crippen LogP contribution < -0.4 is 5.32 Å². The monoisotopic (exact) mass is 341 g/mol. The molecule has 0 fully saturated rings. The minimum absolute atomic E-state index is 0.105. The highest BCUT2D eigenvalue weighted by molar-refractivity contribution is 6.30. The van der Waals surface area contributed by atoms with E-state index in [4.69, 9.17) is 11.6 Å². The lowest BCUT2D eigenvalue weighted by molar-refractivity contribution is -0.121. The van der Waals surface area contributed by atoms with Crippen molar-refractivity contribution in [1.29, 1.82) is 0 Å². The number of H-pyrrole nitrogens is 1. The van der Waals surface area contributed by atoms with Crippen LogP contribution in [-0.2, 0) is 11.2 Å². The van der Waals surface area contributed by atoms with E-state index in [1.54, 1.807) is 24.5 Å². The van der Waals surface area contributed by atoms with E-state index in [9.17, 15) is 4.79 Å². The summed E-state index contributed by atoms with van der Waals surface area (Å²) in [6.45, 7) is 1.85. The van der Waals surface area contributed by atoms with Crippen molar-refractivity contribution in [3.63, 3.8) is 0 Å². The van der Waals surface area contributed by atoms with Crippen LogP contribution in [0.15, 0.2) is 48.8 Å². The minimum atomic E-state index is -0.278. The van der Waals surface area contributed by atoms with Gasteiger partial charge in [0.05, 0.1) is 12.5 Å². The average Bonchev–Trinajstić information content (AvgIpc) is 3.05. The first-order chi connectivity index (χ1) is 11.6. The number of hydrogen-bond donors (Lipinski definition) is 2. The van der Waals surface area contributed by atoms with Crippen LogP contribution in [0.1, 0.15) is 24.4 Å². The van der Waals surface area contributed by atoms with Crippen molar-refractivity contribution in [2.24, 2.45) is 0 Å². The Kier molecular flexibility index (Phi) is 4.86. The van der Waals surface area contributed by atoms with Crippen molar-refractivity contribution < 1.29 is 4.79 Å². The van der Waals surface area contributed by atoms with Crippen LogP contribution in [0.3, 0.4) is 0 Å². The van der Waals surface area contributed by atoms with Gasteiger partial charge in [-0.25, -0.2) is 4.98 Å². The number of aromatic amines is 1. The number of pyridine rings is 1. The first-order valence-corrected chi connectivity index (χ1v) is 7.86. The lowest BCUT2D eigenvalue weighted by Gasteiger charge is -2.11. The van der Waals surface area contributed by atoms with E-state index in [1.807, 2.05) is 31.2 Å². The van der Waals surface area contributed by atoms with Gasteiger partial charge < -0.3 is 5.32 Å². The number of aromatic nitrogens is 4. The Morgan fingerprint density at radius 1 is 1.29 bits per heavy atom. The number of rotatable bonds is 5. The maximum Gasteiger partial charge on any atom is 0.224 e. The van der Waals surface area contributed by atoms with Gasteiger partial charge in [0.1, 0.15) is 5.82 Å². The van der Waals surface area contributed by atoms with Gasteiger partial charge in [-0.3, -0.25) is 14.9 Å². The molecule has 1 atom stereocenters. The molecule has 1 amide bonds. The normalized spacial score (nSPS) is 11.9. The SMILES string of the molecule is CC(NC(=O)Cc1cccc(Cl)c1)c1nc(-c2ccncc2)n[nH]1. The summed E-state index contributed by atoms with van der Waals surface area (Å²) in [5.41, 5.74) is 1.73. The van der Waals surface area contributed by atoms with Crippen molar-refractivity contribution in [1.82, 2.24) is 25.5 Å². The topological polar surface area (TPSA) is 83.6 Å². The third-order valence-electron chi connectivity index (χ3n) is 3.48. The van der Waals surface area contributed by atoms with Gasteiger partial charge in [0, 0.05) is 23.0 Å². The van der Waals surface area contributed by atoms with Crippen molar-refractivity contribution in [3.8, 4) is 11.4 Å². The lowest BCUT2D eigenvalue weighted by atomic mass is 10.1. The molecule has 2 N–H and O–H groups in total. The Hall–Kier alpha value is -2.73. The van der Waals surface area contributed by atoms with Crippen LogP contribution in [0.2, 0.25) is 5.02 Å². The summed E-state index contributed by atoms with van der Waals surface area (Å²) >= 11 is 5.93. The Balaban J connectivity index is 1.63. The molecule has 3 aromatic rings. The second-order valence-electron chi connectivity index (χ2n) is 5.38. The molecule has 3 rings (SSSR count). The van der Waals surface area contributed by atoms with E-state index >= 15 is 0 Å². The molecule has 0 aliphatic carbocycles. The summed E-state index contributed by atoms with van der Waals surface area (Å²) in [6.07, 6.45) is 3.62. The number of halogens is 1. The van der Waals surface area contributed by atoms with Crippen LogP contribution in [-0.4, -0.2) is 26.1 Å². The van der Waals surface area contributed by atoms with Gasteiger partial charge in [-0.15, -0.1) is 0 Å². The minimum Gasteiger partial charge on any atom is -0.346 e. The molecule has 1 aromatic carbocycles. The summed E-state index contributed by atoms with van der Waals surface area (Å²) in [5, 5.41) is 10.6. The van der Waals surface area contributed by atoms with Gasteiger partial charge in [-0.05, 0) is 36.8 Å². The van der Waals surface area contributed by atoms with Gasteiger partial charge in [-0.1, -0.05) is 23.7 Å². The van der Waals surface area contributed by atoms with E-state index in [1.165, 1.54) is 0 Å². The fraction of sp³-hybridized carbons (Fsp3) is 0.176. The molecule has 0 saturated carbocycles. The zero-order chi connectivity index (χ0) is 16.9. The molecule has 6 nitrogen and oxygen atoms in total. The molecule has 2 heterocycles. The Labute approximate surface area is 144 Å². The van der Waals surface area contributed by atoms with Crippen LogP contribution in [0.25, 0.3) is 11.4 Å². The van der Waals surface area contributed by atoms with Gasteiger partial charge >= 0.3 is 0 Å². The number of nitrogens with one attached hydrogen (secondary N) is 2. The van der Waals surface area contributed by atoms with Crippen molar-refractivity contribution in [3.05, 3.63) is 65.2 Å². The van der Waals surface area contributed by atoms with Crippen molar-refractivity contribution in [2.45, 2.75) is 19.4 Å². The predicted molar refractivity (Wildman–Crippen MR) is 91.3 cm³/mol. The standard InChI is InChI=1S/C17H16ClN5O/c1-11(20-15(24)10-12-3-2-4-14(18)9-12)16-21-17(23-22-16)13-5-7-19-8-6-13/h2-9,11H,10H2,1H3,(H,20,24)(H,21,22,23). The first kappa shape index (κ1) is 16.1. The Morgan fingerprint density at radius 2 is 2.08 bits per heavy atom. The van der Waals surface area contributed by atoms with Crippen molar-refractivity contribution in [2.75, 3.05) is 0 Å². The highest BCUT2D eigenvalue weighted by Crippen LogP contribution is 2.16. The quantitative estimate of drug-likeness (QED) is 0.747. The fourth-order valence-corrected chi connectivity index (χ4v) is 2.50. The van der Waals surface area contributed by atoms with Crippen LogP contribution in [0, 0.1) is 0 Å². The summed E-state index contributed by atoms with van der Waals surface area (Å²) in [6, 6.07) is 10.6. The number of carbonyl (C=O) groups excluding carboxylic acids is 1. The van der Waals surface area contributed by atoms with Gasteiger partial charge in [0.15, 0.2) is 5.82 Å². The molecular formula is C17H16ClN5O. The third kappa shape index (κ3) is 3.97. The van der Waals surface area contributed by atoms with E-state index < -0.39 is 0 Å². The number of amides is 1. The molecule has 0 radical (unpaired) electrons. The molecule has 0 bridgehead atoms. The molecular weight excluding hydrogens is 326 g/mol. The van der Waals surface area contributed by atoms with Crippen LogP contribution >= 0.6 is 11.6 Å². The zero-order valence-corrected chi connectivity index (χ0v) is 13.8. The lowest BCUT2D eigenvalue weighted by Crippen LogP contribution is -2.28. The summed E-state index contributed by atoms with van der Waals surface area (Å²) < 4.78 is 0. The molecule has 0 saturated heterocycles. The van der Waals surface area contributed by atoms with E-state index in [0.717, 1.165) is 11.1 Å². The molecule has 1 unspecified atom stereocenters. The Morgan fingerprint density at radius 3 is 2.83 bits per heavy atom. The first-order valence-electron chi connectivity index (χ1n) is 7.48. The molecule has 24 heavy (non-hydrogen) atoms. The summed E-state index contributed by atoms with van der Waals surface area (Å²) in [5.74, 6) is 1.07. The average molecular weight is 342 g/mol. The van der Waals surface area contributed by atoms with E-state index in [2.05, 4.69) is 25.5 Å². The largest absolute Gasteiger partial charge is 0.346 e. The Bertz CT molecular complexity index is 834. The maximum atomic E-state index is 12.2. The smallest absolute Gasteiger partial charge is 0.224 e. The predicted octanol–water partition coefficient (Wildman–Crippen LogP) is 2.94. The third-order valence-corrected chi connectivity index (χ3v) is 3.72. The molecule has 7 heteroatoms. The molecule has 0 aliphatic rings. The maximum absolute atomic E-state index is 12.2. The second kappa shape index (κ2) is 7.23. The van der Waals surface area contributed by atoms with Crippen LogP contribution in [0.4, 0.5) is 0 Å².